The van der Waals surface area contributed by atoms with Gasteiger partial charge < -0.3 is 9.47 Å². The van der Waals surface area contributed by atoms with E-state index in [-0.39, 0.29) is 23.2 Å². The molecule has 4 heteroatoms. The molecule has 2 saturated carbocycles. The standard InChI is InChI=1S/C25H25NO3/c1-25(2)21(14-17-8-6-9-17)23(25)24(27)29-22(16-26)18-10-7-13-20(15-18)28-19-11-4-3-5-12-19/h3-5,7,10-15,21-23H,6,8-9H2,1-2H3/t21-,22-,23+/m1/s1. The van der Waals surface area contributed by atoms with Crippen LogP contribution in [0.1, 0.15) is 44.8 Å². The molecule has 0 saturated heterocycles. The second kappa shape index (κ2) is 7.75. The normalized spacial score (nSPS) is 22.6. The molecule has 0 spiro atoms. The SMILES string of the molecule is CC1(C)[C@H](C=C2CCC2)[C@H]1C(=O)O[C@H](C#N)c1cccc(Oc2ccccc2)c1. The minimum Gasteiger partial charge on any atom is -0.457 e. The third-order valence-electron chi connectivity index (χ3n) is 6.07. The van der Waals surface area contributed by atoms with Crippen molar-refractivity contribution in [3.05, 3.63) is 71.8 Å². The number of allylic oxidation sites excluding steroid dienone is 2. The fraction of sp³-hybridized carbons (Fsp3) is 0.360. The first-order valence-corrected chi connectivity index (χ1v) is 10.1. The molecule has 29 heavy (non-hydrogen) atoms. The van der Waals surface area contributed by atoms with E-state index in [1.54, 1.807) is 18.2 Å². The lowest BCUT2D eigenvalue weighted by Gasteiger charge is -2.16. The van der Waals surface area contributed by atoms with E-state index in [1.807, 2.05) is 36.4 Å². The van der Waals surface area contributed by atoms with Crippen molar-refractivity contribution in [1.82, 2.24) is 0 Å². The van der Waals surface area contributed by atoms with Gasteiger partial charge in [-0.3, -0.25) is 4.79 Å². The van der Waals surface area contributed by atoms with Gasteiger partial charge in [0.25, 0.3) is 0 Å². The molecule has 2 aliphatic rings. The van der Waals surface area contributed by atoms with Crippen LogP contribution < -0.4 is 4.74 Å². The van der Waals surface area contributed by atoms with Crippen molar-refractivity contribution in [3.63, 3.8) is 0 Å². The van der Waals surface area contributed by atoms with E-state index in [0.717, 1.165) is 12.8 Å². The number of carbonyl (C=O) groups is 1. The highest BCUT2D eigenvalue weighted by atomic mass is 16.5. The van der Waals surface area contributed by atoms with Crippen molar-refractivity contribution < 1.29 is 14.3 Å². The number of hydrogen-bond donors (Lipinski definition) is 0. The molecular weight excluding hydrogens is 362 g/mol. The summed E-state index contributed by atoms with van der Waals surface area (Å²) in [6.07, 6.45) is 4.83. The van der Waals surface area contributed by atoms with Gasteiger partial charge in [-0.2, -0.15) is 5.26 Å². The minimum atomic E-state index is -0.949. The summed E-state index contributed by atoms with van der Waals surface area (Å²) in [4.78, 5) is 12.8. The van der Waals surface area contributed by atoms with Gasteiger partial charge in [-0.05, 0) is 54.9 Å². The number of carbonyl (C=O) groups excluding carboxylic acids is 1. The van der Waals surface area contributed by atoms with E-state index < -0.39 is 6.10 Å². The molecular formula is C25H25NO3. The van der Waals surface area contributed by atoms with Crippen molar-refractivity contribution in [3.8, 4) is 17.6 Å². The van der Waals surface area contributed by atoms with Gasteiger partial charge in [-0.25, -0.2) is 0 Å². The van der Waals surface area contributed by atoms with Crippen LogP contribution in [0.25, 0.3) is 0 Å². The van der Waals surface area contributed by atoms with E-state index in [0.29, 0.717) is 17.1 Å². The van der Waals surface area contributed by atoms with Crippen LogP contribution in [0.15, 0.2) is 66.2 Å². The maximum Gasteiger partial charge on any atom is 0.311 e. The quantitative estimate of drug-likeness (QED) is 0.453. The highest BCUT2D eigenvalue weighted by Gasteiger charge is 2.61. The van der Waals surface area contributed by atoms with Crippen LogP contribution in [-0.2, 0) is 9.53 Å². The summed E-state index contributed by atoms with van der Waals surface area (Å²) < 4.78 is 11.5. The Bertz CT molecular complexity index is 965. The molecule has 2 fully saturated rings. The first-order valence-electron chi connectivity index (χ1n) is 10.1. The number of nitriles is 1. The Morgan fingerprint density at radius 3 is 2.52 bits per heavy atom. The maximum atomic E-state index is 12.8. The van der Waals surface area contributed by atoms with Gasteiger partial charge >= 0.3 is 5.97 Å². The number of para-hydroxylation sites is 1. The van der Waals surface area contributed by atoms with E-state index in [1.165, 1.54) is 12.0 Å². The van der Waals surface area contributed by atoms with Gasteiger partial charge in [-0.15, -0.1) is 0 Å². The molecule has 0 aliphatic heterocycles. The van der Waals surface area contributed by atoms with Crippen LogP contribution >= 0.6 is 0 Å². The minimum absolute atomic E-state index is 0.113. The highest BCUT2D eigenvalue weighted by molar-refractivity contribution is 5.78. The molecule has 0 N–H and O–H groups in total. The molecule has 2 aromatic carbocycles. The second-order valence-corrected chi connectivity index (χ2v) is 8.44. The molecule has 0 amide bonds. The van der Waals surface area contributed by atoms with Crippen LogP contribution in [0, 0.1) is 28.6 Å². The van der Waals surface area contributed by atoms with Gasteiger partial charge in [-0.1, -0.05) is 55.8 Å². The summed E-state index contributed by atoms with van der Waals surface area (Å²) in [6, 6.07) is 18.7. The van der Waals surface area contributed by atoms with E-state index in [4.69, 9.17) is 9.47 Å². The number of nitrogens with zero attached hydrogens (tertiary/aromatic N) is 1. The molecule has 0 bridgehead atoms. The van der Waals surface area contributed by atoms with Gasteiger partial charge in [0.15, 0.2) is 0 Å². The van der Waals surface area contributed by atoms with Crippen LogP contribution in [0.3, 0.4) is 0 Å². The summed E-state index contributed by atoms with van der Waals surface area (Å²) in [5.74, 6) is 1.04. The van der Waals surface area contributed by atoms with Crippen molar-refractivity contribution in [2.45, 2.75) is 39.2 Å². The largest absolute Gasteiger partial charge is 0.457 e. The molecule has 0 radical (unpaired) electrons. The molecule has 0 aromatic heterocycles. The van der Waals surface area contributed by atoms with E-state index >= 15 is 0 Å². The van der Waals surface area contributed by atoms with Gasteiger partial charge in [0.2, 0.25) is 6.10 Å². The lowest BCUT2D eigenvalue weighted by molar-refractivity contribution is -0.149. The second-order valence-electron chi connectivity index (χ2n) is 8.44. The third-order valence-corrected chi connectivity index (χ3v) is 6.07. The zero-order valence-electron chi connectivity index (χ0n) is 16.8. The Morgan fingerprint density at radius 2 is 1.86 bits per heavy atom. The van der Waals surface area contributed by atoms with Crippen molar-refractivity contribution in [2.24, 2.45) is 17.3 Å². The van der Waals surface area contributed by atoms with E-state index in [2.05, 4.69) is 26.0 Å². The summed E-state index contributed by atoms with van der Waals surface area (Å²) in [7, 11) is 0. The van der Waals surface area contributed by atoms with Gasteiger partial charge in [0.1, 0.15) is 17.6 Å². The molecule has 0 unspecified atom stereocenters. The van der Waals surface area contributed by atoms with Gasteiger partial charge in [0, 0.05) is 5.56 Å². The molecule has 2 aromatic rings. The first kappa shape index (κ1) is 19.3. The van der Waals surface area contributed by atoms with Crippen LogP contribution in [0.5, 0.6) is 11.5 Å². The number of ether oxygens (including phenoxy) is 2. The van der Waals surface area contributed by atoms with Crippen LogP contribution in [0.4, 0.5) is 0 Å². The zero-order valence-corrected chi connectivity index (χ0v) is 16.8. The van der Waals surface area contributed by atoms with Gasteiger partial charge in [0.05, 0.1) is 5.92 Å². The lowest BCUT2D eigenvalue weighted by Crippen LogP contribution is -2.14. The molecule has 148 valence electrons. The topological polar surface area (TPSA) is 59.3 Å². The monoisotopic (exact) mass is 387 g/mol. The average Bonchev–Trinajstić information content (AvgIpc) is 3.24. The number of hydrogen-bond acceptors (Lipinski definition) is 4. The van der Waals surface area contributed by atoms with Crippen molar-refractivity contribution >= 4 is 5.97 Å². The Labute approximate surface area is 171 Å². The maximum absolute atomic E-state index is 12.8. The molecule has 0 heterocycles. The molecule has 4 nitrogen and oxygen atoms in total. The number of benzene rings is 2. The Kier molecular flexibility index (Phi) is 5.15. The third kappa shape index (κ3) is 4.05. The number of esters is 1. The summed E-state index contributed by atoms with van der Waals surface area (Å²) in [5.41, 5.74) is 1.94. The highest BCUT2D eigenvalue weighted by Crippen LogP contribution is 2.60. The lowest BCUT2D eigenvalue weighted by atomic mass is 9.90. The Hall–Kier alpha value is -3.06. The van der Waals surface area contributed by atoms with E-state index in [9.17, 15) is 10.1 Å². The molecule has 3 atom stereocenters. The van der Waals surface area contributed by atoms with Crippen LogP contribution in [0.2, 0.25) is 0 Å². The summed E-state index contributed by atoms with van der Waals surface area (Å²) >= 11 is 0. The number of rotatable bonds is 6. The zero-order chi connectivity index (χ0) is 20.4. The smallest absolute Gasteiger partial charge is 0.311 e. The molecule has 4 rings (SSSR count). The van der Waals surface area contributed by atoms with Crippen LogP contribution in [-0.4, -0.2) is 5.97 Å². The predicted molar refractivity (Wildman–Crippen MR) is 110 cm³/mol. The Morgan fingerprint density at radius 1 is 1.14 bits per heavy atom. The molecule has 2 aliphatic carbocycles. The Balaban J connectivity index is 1.45. The summed E-state index contributed by atoms with van der Waals surface area (Å²) in [6.45, 7) is 4.18. The first-order chi connectivity index (χ1) is 14.0. The summed E-state index contributed by atoms with van der Waals surface area (Å²) in [5, 5.41) is 9.62. The van der Waals surface area contributed by atoms with Crippen molar-refractivity contribution in [1.29, 1.82) is 5.26 Å². The average molecular weight is 387 g/mol. The fourth-order valence-corrected chi connectivity index (χ4v) is 3.96. The van der Waals surface area contributed by atoms with Crippen molar-refractivity contribution in [2.75, 3.05) is 0 Å². The predicted octanol–water partition coefficient (Wildman–Crippen LogP) is 5.97. The fourth-order valence-electron chi connectivity index (χ4n) is 3.96.